The molecule has 0 radical (unpaired) electrons. The molecule has 0 aromatic heterocycles. The Hall–Kier alpha value is -2.31. The highest BCUT2D eigenvalue weighted by atomic mass is 16.3. The molecule has 2 rings (SSSR count). The quantitative estimate of drug-likeness (QED) is 0.577. The summed E-state index contributed by atoms with van der Waals surface area (Å²) in [5, 5.41) is 6.09. The SMILES string of the molecule is CC(=O)NC1C=CC2=NC(N)=N[N+](=O)C2=C1. The van der Waals surface area contributed by atoms with Gasteiger partial charge in [-0.3, -0.25) is 4.79 Å². The summed E-state index contributed by atoms with van der Waals surface area (Å²) in [6.07, 6.45) is 4.92. The van der Waals surface area contributed by atoms with Gasteiger partial charge < -0.3 is 11.1 Å². The van der Waals surface area contributed by atoms with Crippen LogP contribution < -0.4 is 11.1 Å². The van der Waals surface area contributed by atoms with E-state index in [4.69, 9.17) is 5.73 Å². The second-order valence-corrected chi connectivity index (χ2v) is 3.37. The number of nitroso groups, excluding NO2 is 1. The summed E-state index contributed by atoms with van der Waals surface area (Å²) >= 11 is 0. The predicted molar refractivity (Wildman–Crippen MR) is 57.5 cm³/mol. The fourth-order valence-corrected chi connectivity index (χ4v) is 1.46. The molecule has 1 aliphatic heterocycles. The van der Waals surface area contributed by atoms with Crippen LogP contribution in [0.2, 0.25) is 0 Å². The summed E-state index contributed by atoms with van der Waals surface area (Å²) in [6.45, 7) is 1.40. The van der Waals surface area contributed by atoms with Crippen molar-refractivity contribution >= 4 is 17.6 Å². The number of nitrogens with zero attached hydrogens (tertiary/aromatic N) is 3. The molecule has 1 aliphatic carbocycles. The van der Waals surface area contributed by atoms with Crippen molar-refractivity contribution in [3.63, 3.8) is 0 Å². The van der Waals surface area contributed by atoms with Crippen molar-refractivity contribution in [1.29, 1.82) is 0 Å². The standard InChI is InChI=1S/C9H9N5O2/c1-5(15)11-6-2-3-7-8(4-6)14(16)13-9(10)12-7/h2-4,6H,1H3,(H2-,10,11,13,15,16)/p+1. The highest BCUT2D eigenvalue weighted by Gasteiger charge is 2.32. The molecular formula is C9H10N5O2+. The fourth-order valence-electron chi connectivity index (χ4n) is 1.46. The number of rotatable bonds is 1. The first kappa shape index (κ1) is 10.2. The van der Waals surface area contributed by atoms with Crippen molar-refractivity contribution in [1.82, 2.24) is 5.32 Å². The minimum absolute atomic E-state index is 0.0789. The van der Waals surface area contributed by atoms with Crippen LogP contribution >= 0.6 is 0 Å². The summed E-state index contributed by atoms with van der Waals surface area (Å²) in [5.74, 6) is -0.257. The van der Waals surface area contributed by atoms with E-state index in [0.29, 0.717) is 10.6 Å². The van der Waals surface area contributed by atoms with Gasteiger partial charge in [0.05, 0.1) is 16.1 Å². The number of hydrogen-bond acceptors (Lipinski definition) is 4. The molecule has 3 N–H and O–H groups in total. The third kappa shape index (κ3) is 1.88. The number of hydrogen-bond donors (Lipinski definition) is 2. The third-order valence-electron chi connectivity index (χ3n) is 2.07. The maximum absolute atomic E-state index is 11.4. The van der Waals surface area contributed by atoms with E-state index >= 15 is 0 Å². The second-order valence-electron chi connectivity index (χ2n) is 3.37. The number of fused-ring (bicyclic) bond motifs is 1. The van der Waals surface area contributed by atoms with Crippen LogP contribution in [-0.2, 0) is 4.79 Å². The average Bonchev–Trinajstić information content (AvgIpc) is 2.18. The molecule has 16 heavy (non-hydrogen) atoms. The Bertz CT molecular complexity index is 486. The largest absolute Gasteiger partial charge is 0.363 e. The Morgan fingerprint density at radius 1 is 1.62 bits per heavy atom. The Balaban J connectivity index is 2.28. The van der Waals surface area contributed by atoms with Crippen LogP contribution in [0.15, 0.2) is 34.0 Å². The van der Waals surface area contributed by atoms with Crippen LogP contribution in [0.4, 0.5) is 0 Å². The average molecular weight is 220 g/mol. The maximum atomic E-state index is 11.4. The summed E-state index contributed by atoms with van der Waals surface area (Å²) < 4.78 is 0. The normalized spacial score (nSPS) is 22.9. The van der Waals surface area contributed by atoms with Gasteiger partial charge in [0, 0.05) is 13.0 Å². The molecule has 1 atom stereocenters. The molecule has 7 heteroatoms. The monoisotopic (exact) mass is 220 g/mol. The molecule has 0 saturated carbocycles. The van der Waals surface area contributed by atoms with Gasteiger partial charge in [0.2, 0.25) is 5.91 Å². The van der Waals surface area contributed by atoms with E-state index in [1.807, 2.05) is 0 Å². The first-order valence-corrected chi connectivity index (χ1v) is 4.64. The van der Waals surface area contributed by atoms with Crippen LogP contribution in [0.1, 0.15) is 6.92 Å². The number of aliphatic imine (C=N–C) groups is 1. The first-order valence-electron chi connectivity index (χ1n) is 4.64. The Morgan fingerprint density at radius 2 is 2.38 bits per heavy atom. The van der Waals surface area contributed by atoms with E-state index in [2.05, 4.69) is 15.4 Å². The minimum Gasteiger partial charge on any atom is -0.363 e. The highest BCUT2D eigenvalue weighted by Crippen LogP contribution is 2.14. The van der Waals surface area contributed by atoms with Gasteiger partial charge in [-0.05, 0) is 6.08 Å². The van der Waals surface area contributed by atoms with Crippen LogP contribution in [0.5, 0.6) is 0 Å². The van der Waals surface area contributed by atoms with Gasteiger partial charge in [0.1, 0.15) is 5.71 Å². The molecule has 7 nitrogen and oxygen atoms in total. The lowest BCUT2D eigenvalue weighted by Crippen LogP contribution is -2.34. The van der Waals surface area contributed by atoms with Crippen LogP contribution in [0.25, 0.3) is 0 Å². The van der Waals surface area contributed by atoms with E-state index in [9.17, 15) is 9.70 Å². The highest BCUT2D eigenvalue weighted by molar-refractivity contribution is 6.13. The Morgan fingerprint density at radius 3 is 3.06 bits per heavy atom. The van der Waals surface area contributed by atoms with Crippen molar-refractivity contribution < 1.29 is 9.66 Å². The molecule has 1 unspecified atom stereocenters. The lowest BCUT2D eigenvalue weighted by Gasteiger charge is -2.13. The first-order chi connectivity index (χ1) is 7.56. The molecule has 0 aromatic rings. The molecule has 82 valence electrons. The molecule has 0 bridgehead atoms. The van der Waals surface area contributed by atoms with E-state index in [1.165, 1.54) is 6.92 Å². The van der Waals surface area contributed by atoms with Crippen molar-refractivity contribution in [2.24, 2.45) is 15.8 Å². The topological polar surface area (TPSA) is 99.9 Å². The molecular weight excluding hydrogens is 210 g/mol. The van der Waals surface area contributed by atoms with E-state index < -0.39 is 0 Å². The number of nitrogens with two attached hydrogens (primary N) is 1. The van der Waals surface area contributed by atoms with Crippen LogP contribution in [0.3, 0.4) is 0 Å². The predicted octanol–water partition coefficient (Wildman–Crippen LogP) is -0.592. The van der Waals surface area contributed by atoms with Crippen LogP contribution in [-0.4, -0.2) is 28.5 Å². The third-order valence-corrected chi connectivity index (χ3v) is 2.07. The van der Waals surface area contributed by atoms with Crippen molar-refractivity contribution in [2.75, 3.05) is 0 Å². The van der Waals surface area contributed by atoms with Crippen molar-refractivity contribution in [3.8, 4) is 0 Å². The smallest absolute Gasteiger partial charge is 0.319 e. The van der Waals surface area contributed by atoms with E-state index in [1.54, 1.807) is 18.2 Å². The molecule has 0 saturated heterocycles. The number of nitrogens with one attached hydrogen (secondary N) is 1. The number of hydrazone groups is 1. The number of allylic oxidation sites excluding steroid dienone is 1. The number of amides is 1. The lowest BCUT2D eigenvalue weighted by molar-refractivity contribution is -0.497. The molecule has 1 amide bonds. The van der Waals surface area contributed by atoms with Gasteiger partial charge in [-0.2, -0.15) is 0 Å². The summed E-state index contributed by atoms with van der Waals surface area (Å²) in [4.78, 5) is 26.6. The molecule has 0 fully saturated rings. The van der Waals surface area contributed by atoms with Crippen molar-refractivity contribution in [3.05, 3.63) is 28.8 Å². The zero-order valence-corrected chi connectivity index (χ0v) is 8.54. The van der Waals surface area contributed by atoms with Crippen molar-refractivity contribution in [2.45, 2.75) is 13.0 Å². The number of carbonyl (C=O) groups excluding carboxylic acids is 1. The summed E-state index contributed by atoms with van der Waals surface area (Å²) in [7, 11) is 0. The number of guanidine groups is 1. The molecule has 0 aromatic carbocycles. The molecule has 1 heterocycles. The van der Waals surface area contributed by atoms with Gasteiger partial charge in [0.15, 0.2) is 4.87 Å². The minimum atomic E-state index is -0.322. The lowest BCUT2D eigenvalue weighted by atomic mass is 10.1. The zero-order valence-electron chi connectivity index (χ0n) is 8.54. The van der Waals surface area contributed by atoms with Gasteiger partial charge >= 0.3 is 5.70 Å². The van der Waals surface area contributed by atoms with Crippen LogP contribution in [0, 0.1) is 4.91 Å². The second kappa shape index (κ2) is 3.69. The van der Waals surface area contributed by atoms with E-state index in [-0.39, 0.29) is 23.6 Å². The van der Waals surface area contributed by atoms with E-state index in [0.717, 1.165) is 0 Å². The maximum Gasteiger partial charge on any atom is 0.319 e. The molecule has 2 aliphatic rings. The zero-order chi connectivity index (χ0) is 11.7. The number of carbonyl (C=O) groups is 1. The van der Waals surface area contributed by atoms with Gasteiger partial charge in [-0.15, -0.1) is 0 Å². The van der Waals surface area contributed by atoms with Gasteiger partial charge in [-0.25, -0.2) is 4.99 Å². The summed E-state index contributed by atoms with van der Waals surface area (Å²) in [5.41, 5.74) is 6.07. The fraction of sp³-hybridized carbons (Fsp3) is 0.222. The Labute approximate surface area is 91.0 Å². The Kier molecular flexibility index (Phi) is 2.35. The van der Waals surface area contributed by atoms with Gasteiger partial charge in [-0.1, -0.05) is 6.08 Å². The summed E-state index contributed by atoms with van der Waals surface area (Å²) in [6, 6.07) is -0.322. The molecule has 0 spiro atoms. The van der Waals surface area contributed by atoms with Gasteiger partial charge in [0.25, 0.3) is 5.96 Å².